The smallest absolute Gasteiger partial charge is 0.406 e. The summed E-state index contributed by atoms with van der Waals surface area (Å²) in [6, 6.07) is 20.6. The van der Waals surface area contributed by atoms with Crippen molar-refractivity contribution in [3.63, 3.8) is 0 Å². The molecule has 0 aliphatic carbocycles. The second-order valence-corrected chi connectivity index (χ2v) is 11.3. The van der Waals surface area contributed by atoms with Crippen LogP contribution in [0.25, 0.3) is 16.6 Å². The predicted molar refractivity (Wildman–Crippen MR) is 166 cm³/mol. The number of fused-ring (bicyclic) bond motifs is 1. The molecule has 4 aromatic rings. The van der Waals surface area contributed by atoms with Gasteiger partial charge in [-0.2, -0.15) is 5.26 Å². The number of carbonyl (C=O) groups is 1. The van der Waals surface area contributed by atoms with E-state index in [1.807, 2.05) is 6.92 Å². The van der Waals surface area contributed by atoms with E-state index in [2.05, 4.69) is 43.4 Å². The summed E-state index contributed by atoms with van der Waals surface area (Å²) < 4.78 is 43.4. The van der Waals surface area contributed by atoms with Crippen molar-refractivity contribution < 1.29 is 22.7 Å². The van der Waals surface area contributed by atoms with E-state index in [1.165, 1.54) is 28.8 Å². The zero-order chi connectivity index (χ0) is 32.9. The maximum absolute atomic E-state index is 14.0. The third-order valence-corrected chi connectivity index (χ3v) is 7.66. The zero-order valence-corrected chi connectivity index (χ0v) is 25.9. The Labute approximate surface area is 260 Å². The molecule has 1 amide bonds. The number of nitriles is 1. The molecule has 0 N–H and O–H groups in total. The van der Waals surface area contributed by atoms with E-state index in [4.69, 9.17) is 4.98 Å². The van der Waals surface area contributed by atoms with Gasteiger partial charge in [0.2, 0.25) is 5.91 Å². The van der Waals surface area contributed by atoms with E-state index < -0.39 is 12.4 Å². The molecule has 0 radical (unpaired) electrons. The number of amides is 1. The molecule has 0 aliphatic rings. The summed E-state index contributed by atoms with van der Waals surface area (Å²) in [6.45, 7) is 11.0. The van der Waals surface area contributed by atoms with Crippen LogP contribution < -0.4 is 10.3 Å². The topological polar surface area (TPSA) is 91.5 Å². The molecule has 236 valence electrons. The van der Waals surface area contributed by atoms with Gasteiger partial charge in [0.25, 0.3) is 5.56 Å². The lowest BCUT2D eigenvalue weighted by Crippen LogP contribution is -2.46. The molecule has 11 heteroatoms. The molecule has 0 saturated heterocycles. The number of hydrogen-bond donors (Lipinski definition) is 0. The van der Waals surface area contributed by atoms with Gasteiger partial charge in [-0.1, -0.05) is 24.3 Å². The lowest BCUT2D eigenvalue weighted by atomic mass is 10.1. The Hall–Kier alpha value is -4.69. The molecule has 0 saturated carbocycles. The number of ether oxygens (including phenoxy) is 1. The lowest BCUT2D eigenvalue weighted by Gasteiger charge is -2.36. The summed E-state index contributed by atoms with van der Waals surface area (Å²) in [6.07, 6.45) is -4.91. The van der Waals surface area contributed by atoms with E-state index in [0.29, 0.717) is 46.6 Å². The molecular formula is C34H36F3N5O3. The zero-order valence-electron chi connectivity index (χ0n) is 25.9. The highest BCUT2D eigenvalue weighted by atomic mass is 19.4. The highest BCUT2D eigenvalue weighted by Crippen LogP contribution is 2.26. The van der Waals surface area contributed by atoms with Crippen molar-refractivity contribution in [2.24, 2.45) is 0 Å². The fraction of sp³-hybridized carbons (Fsp3) is 0.353. The molecule has 0 fully saturated rings. The number of aromatic nitrogens is 2. The minimum atomic E-state index is -4.82. The number of benzene rings is 3. The second-order valence-electron chi connectivity index (χ2n) is 11.3. The lowest BCUT2D eigenvalue weighted by molar-refractivity contribution is -0.274. The van der Waals surface area contributed by atoms with Crippen LogP contribution >= 0.6 is 0 Å². The highest BCUT2D eigenvalue weighted by molar-refractivity contribution is 5.80. The Balaban J connectivity index is 1.78. The van der Waals surface area contributed by atoms with Gasteiger partial charge < -0.3 is 9.64 Å². The molecule has 45 heavy (non-hydrogen) atoms. The Kier molecular flexibility index (Phi) is 10.3. The van der Waals surface area contributed by atoms with Crippen LogP contribution in [0.5, 0.6) is 5.75 Å². The Morgan fingerprint density at radius 3 is 2.13 bits per heavy atom. The normalized spacial score (nSPS) is 12.5. The standard InChI is InChI=1S/C34H36F3N5O3/c1-22(2)40(23(3)4)18-19-41(31(43)20-25-12-16-28(17-13-25)45-34(35,36)37)24(5)32-39-30-9-7-6-8-29(30)33(44)42(32)27-14-10-26(21-38)11-15-27/h6-17,22-24H,18-20H2,1-5H3/t24-/m1/s1. The summed E-state index contributed by atoms with van der Waals surface area (Å²) in [5.41, 5.74) is 1.60. The van der Waals surface area contributed by atoms with Gasteiger partial charge in [-0.25, -0.2) is 4.98 Å². The van der Waals surface area contributed by atoms with Crippen molar-refractivity contribution in [2.75, 3.05) is 13.1 Å². The molecule has 1 atom stereocenters. The summed E-state index contributed by atoms with van der Waals surface area (Å²) in [7, 11) is 0. The van der Waals surface area contributed by atoms with Crippen molar-refractivity contribution in [3.05, 3.63) is 100 Å². The Morgan fingerprint density at radius 2 is 1.56 bits per heavy atom. The molecule has 0 aliphatic heterocycles. The van der Waals surface area contributed by atoms with Gasteiger partial charge in [0.1, 0.15) is 11.6 Å². The fourth-order valence-electron chi connectivity index (χ4n) is 5.46. The molecule has 3 aromatic carbocycles. The first-order valence-electron chi connectivity index (χ1n) is 14.7. The van der Waals surface area contributed by atoms with Crippen LogP contribution in [-0.4, -0.2) is 56.8 Å². The minimum absolute atomic E-state index is 0.0886. The van der Waals surface area contributed by atoms with Crippen molar-refractivity contribution in [3.8, 4) is 17.5 Å². The van der Waals surface area contributed by atoms with Crippen LogP contribution in [0.1, 0.15) is 57.6 Å². The number of para-hydroxylation sites is 1. The van der Waals surface area contributed by atoms with Gasteiger partial charge in [0.05, 0.1) is 40.7 Å². The Morgan fingerprint density at radius 1 is 0.933 bits per heavy atom. The molecule has 8 nitrogen and oxygen atoms in total. The van der Waals surface area contributed by atoms with Gasteiger partial charge in [-0.05, 0) is 88.7 Å². The maximum atomic E-state index is 14.0. The quantitative estimate of drug-likeness (QED) is 0.193. The predicted octanol–water partition coefficient (Wildman–Crippen LogP) is 6.41. The summed E-state index contributed by atoms with van der Waals surface area (Å²) in [5.74, 6) is -0.320. The first-order chi connectivity index (χ1) is 21.3. The number of carbonyl (C=O) groups excluding carboxylic acids is 1. The monoisotopic (exact) mass is 619 g/mol. The molecule has 0 unspecified atom stereocenters. The molecule has 0 bridgehead atoms. The minimum Gasteiger partial charge on any atom is -0.406 e. The summed E-state index contributed by atoms with van der Waals surface area (Å²) in [5, 5.41) is 9.71. The van der Waals surface area contributed by atoms with Gasteiger partial charge in [0.15, 0.2) is 0 Å². The van der Waals surface area contributed by atoms with E-state index in [1.54, 1.807) is 53.4 Å². The molecule has 0 spiro atoms. The van der Waals surface area contributed by atoms with E-state index in [-0.39, 0.29) is 35.7 Å². The van der Waals surface area contributed by atoms with Gasteiger partial charge >= 0.3 is 6.36 Å². The largest absolute Gasteiger partial charge is 0.573 e. The number of nitrogens with zero attached hydrogens (tertiary/aromatic N) is 5. The first kappa shape index (κ1) is 33.2. The average molecular weight is 620 g/mol. The van der Waals surface area contributed by atoms with E-state index in [0.717, 1.165) is 0 Å². The number of hydrogen-bond acceptors (Lipinski definition) is 6. The van der Waals surface area contributed by atoms with Crippen LogP contribution in [-0.2, 0) is 11.2 Å². The summed E-state index contributed by atoms with van der Waals surface area (Å²) in [4.78, 5) is 36.7. The number of alkyl halides is 3. The third-order valence-electron chi connectivity index (χ3n) is 7.66. The van der Waals surface area contributed by atoms with Crippen LogP contribution in [0.3, 0.4) is 0 Å². The maximum Gasteiger partial charge on any atom is 0.573 e. The van der Waals surface area contributed by atoms with Crippen LogP contribution in [0.2, 0.25) is 0 Å². The molecular weight excluding hydrogens is 583 g/mol. The van der Waals surface area contributed by atoms with Crippen molar-refractivity contribution in [1.82, 2.24) is 19.4 Å². The number of halogens is 3. The van der Waals surface area contributed by atoms with Gasteiger partial charge in [0, 0.05) is 25.2 Å². The van der Waals surface area contributed by atoms with E-state index >= 15 is 0 Å². The van der Waals surface area contributed by atoms with Crippen molar-refractivity contribution in [2.45, 2.75) is 65.5 Å². The molecule has 4 rings (SSSR count). The summed E-state index contributed by atoms with van der Waals surface area (Å²) >= 11 is 0. The van der Waals surface area contributed by atoms with Crippen molar-refractivity contribution >= 4 is 16.8 Å². The molecule has 1 aromatic heterocycles. The van der Waals surface area contributed by atoms with E-state index in [9.17, 15) is 28.0 Å². The van der Waals surface area contributed by atoms with Gasteiger partial charge in [-0.3, -0.25) is 19.1 Å². The second kappa shape index (κ2) is 13.9. The SMILES string of the molecule is CC(C)N(CCN(C(=O)Cc1ccc(OC(F)(F)F)cc1)[C@H](C)c1nc2ccccc2c(=O)n1-c1ccc(C#N)cc1)C(C)C. The highest BCUT2D eigenvalue weighted by Gasteiger charge is 2.31. The van der Waals surface area contributed by atoms with Gasteiger partial charge in [-0.15, -0.1) is 13.2 Å². The van der Waals surface area contributed by atoms with Crippen LogP contribution in [0, 0.1) is 11.3 Å². The third kappa shape index (κ3) is 8.08. The fourth-order valence-corrected chi connectivity index (χ4v) is 5.46. The first-order valence-corrected chi connectivity index (χ1v) is 14.7. The molecule has 1 heterocycles. The van der Waals surface area contributed by atoms with Crippen LogP contribution in [0.4, 0.5) is 13.2 Å². The van der Waals surface area contributed by atoms with Crippen LogP contribution in [0.15, 0.2) is 77.6 Å². The average Bonchev–Trinajstić information content (AvgIpc) is 2.99. The Bertz CT molecular complexity index is 1720. The number of rotatable bonds is 11. The van der Waals surface area contributed by atoms with Crippen molar-refractivity contribution in [1.29, 1.82) is 5.26 Å².